The van der Waals surface area contributed by atoms with Gasteiger partial charge in [0.25, 0.3) is 0 Å². The van der Waals surface area contributed by atoms with E-state index in [1.54, 1.807) is 23.3 Å². The number of carbonyl (C=O) groups is 1. The minimum atomic E-state index is 0.0659. The number of hydrogen-bond donors (Lipinski definition) is 1. The number of anilines is 1. The lowest BCUT2D eigenvalue weighted by atomic mass is 10.1. The van der Waals surface area contributed by atoms with Crippen molar-refractivity contribution in [1.29, 1.82) is 0 Å². The molecule has 3 aromatic rings. The third kappa shape index (κ3) is 2.59. The number of para-hydroxylation sites is 2. The predicted molar refractivity (Wildman–Crippen MR) is 94.6 cm³/mol. The van der Waals surface area contributed by atoms with E-state index in [9.17, 15) is 4.79 Å². The highest BCUT2D eigenvalue weighted by Gasteiger charge is 2.34. The van der Waals surface area contributed by atoms with Crippen LogP contribution in [-0.2, 0) is 4.79 Å². The largest absolute Gasteiger partial charge is 0.495 e. The Bertz CT molecular complexity index is 857. The van der Waals surface area contributed by atoms with E-state index in [4.69, 9.17) is 4.74 Å². The number of carbonyl (C=O) groups excluding carboxylic acids is 1. The first-order valence-electron chi connectivity index (χ1n) is 7.78. The molecule has 1 N–H and O–H groups in total. The van der Waals surface area contributed by atoms with Crippen LogP contribution in [-0.4, -0.2) is 29.5 Å². The van der Waals surface area contributed by atoms with E-state index < -0.39 is 0 Å². The number of hydrogen-bond acceptors (Lipinski definition) is 4. The maximum absolute atomic E-state index is 12.5. The molecule has 1 fully saturated rings. The number of nitrogens with zero attached hydrogens (tertiary/aromatic N) is 2. The highest BCUT2D eigenvalue weighted by molar-refractivity contribution is 7.13. The highest BCUT2D eigenvalue weighted by Crippen LogP contribution is 2.36. The third-order valence-corrected chi connectivity index (χ3v) is 5.17. The first-order valence-corrected chi connectivity index (χ1v) is 8.66. The molecule has 1 amide bonds. The van der Waals surface area contributed by atoms with Gasteiger partial charge in [-0.1, -0.05) is 18.2 Å². The summed E-state index contributed by atoms with van der Waals surface area (Å²) in [5.74, 6) is 1.74. The van der Waals surface area contributed by atoms with Crippen LogP contribution in [0.5, 0.6) is 5.75 Å². The lowest BCUT2D eigenvalue weighted by Gasteiger charge is -2.19. The van der Waals surface area contributed by atoms with Crippen LogP contribution in [0.3, 0.4) is 0 Å². The zero-order valence-corrected chi connectivity index (χ0v) is 14.0. The van der Waals surface area contributed by atoms with Crippen molar-refractivity contribution >= 4 is 22.9 Å². The molecule has 1 atom stereocenters. The summed E-state index contributed by atoms with van der Waals surface area (Å²) >= 11 is 1.67. The van der Waals surface area contributed by atoms with E-state index in [0.717, 1.165) is 22.1 Å². The fourth-order valence-corrected chi connectivity index (χ4v) is 3.77. The van der Waals surface area contributed by atoms with Gasteiger partial charge in [0, 0.05) is 18.9 Å². The molecule has 6 heteroatoms. The van der Waals surface area contributed by atoms with Crippen molar-refractivity contribution in [3.63, 3.8) is 0 Å². The fourth-order valence-electron chi connectivity index (χ4n) is 3.08. The number of methoxy groups -OCH3 is 1. The number of benzene rings is 1. The second-order valence-electron chi connectivity index (χ2n) is 5.74. The number of thiophene rings is 1. The van der Waals surface area contributed by atoms with Gasteiger partial charge >= 0.3 is 0 Å². The van der Waals surface area contributed by atoms with E-state index in [-0.39, 0.29) is 11.8 Å². The monoisotopic (exact) mass is 339 g/mol. The molecule has 5 nitrogen and oxygen atoms in total. The van der Waals surface area contributed by atoms with E-state index in [0.29, 0.717) is 18.7 Å². The number of amides is 1. The molecule has 24 heavy (non-hydrogen) atoms. The maximum atomic E-state index is 12.5. The topological polar surface area (TPSA) is 58.2 Å². The molecule has 0 radical (unpaired) electrons. The molecule has 0 aliphatic carbocycles. The van der Waals surface area contributed by atoms with Crippen LogP contribution in [0.15, 0.2) is 48.0 Å². The van der Waals surface area contributed by atoms with Crippen molar-refractivity contribution in [2.75, 3.05) is 18.6 Å². The highest BCUT2D eigenvalue weighted by atomic mass is 32.1. The number of aromatic nitrogens is 2. The third-order valence-electron chi connectivity index (χ3n) is 4.27. The number of aromatic amines is 1. The van der Waals surface area contributed by atoms with Crippen LogP contribution in [0.4, 0.5) is 5.69 Å². The van der Waals surface area contributed by atoms with Gasteiger partial charge in [-0.25, -0.2) is 4.98 Å². The van der Waals surface area contributed by atoms with Crippen LogP contribution in [0.25, 0.3) is 10.6 Å². The minimum Gasteiger partial charge on any atom is -0.495 e. The summed E-state index contributed by atoms with van der Waals surface area (Å²) in [6.45, 7) is 0.608. The fraction of sp³-hybridized carbons (Fsp3) is 0.222. The first-order chi connectivity index (χ1) is 11.8. The van der Waals surface area contributed by atoms with Crippen LogP contribution in [0.1, 0.15) is 18.2 Å². The SMILES string of the molecule is COc1ccccc1N1C[C@H](c2ncc(-c3cccs3)[nH]2)CC1=O. The van der Waals surface area contributed by atoms with Gasteiger partial charge in [0.05, 0.1) is 29.6 Å². The van der Waals surface area contributed by atoms with Gasteiger partial charge in [-0.15, -0.1) is 11.3 Å². The molecule has 2 aromatic heterocycles. The van der Waals surface area contributed by atoms with Gasteiger partial charge in [-0.3, -0.25) is 4.79 Å². The Labute approximate surface area is 143 Å². The lowest BCUT2D eigenvalue weighted by Crippen LogP contribution is -2.24. The molecule has 4 rings (SSSR count). The van der Waals surface area contributed by atoms with Gasteiger partial charge in [-0.2, -0.15) is 0 Å². The maximum Gasteiger partial charge on any atom is 0.227 e. The lowest BCUT2D eigenvalue weighted by molar-refractivity contribution is -0.117. The van der Waals surface area contributed by atoms with Crippen molar-refractivity contribution in [2.45, 2.75) is 12.3 Å². The normalized spacial score (nSPS) is 17.5. The minimum absolute atomic E-state index is 0.0659. The Hall–Kier alpha value is -2.60. The molecule has 122 valence electrons. The van der Waals surface area contributed by atoms with Crippen molar-refractivity contribution in [3.05, 3.63) is 53.8 Å². The van der Waals surface area contributed by atoms with Crippen LogP contribution >= 0.6 is 11.3 Å². The van der Waals surface area contributed by atoms with Gasteiger partial charge in [0.1, 0.15) is 11.6 Å². The van der Waals surface area contributed by atoms with Crippen molar-refractivity contribution in [3.8, 4) is 16.3 Å². The Morgan fingerprint density at radius 2 is 2.17 bits per heavy atom. The van der Waals surface area contributed by atoms with Gasteiger partial charge in [0.15, 0.2) is 0 Å². The smallest absolute Gasteiger partial charge is 0.227 e. The van der Waals surface area contributed by atoms with Gasteiger partial charge in [-0.05, 0) is 23.6 Å². The molecule has 1 saturated heterocycles. The molecular formula is C18H17N3O2S. The van der Waals surface area contributed by atoms with E-state index >= 15 is 0 Å². The van der Waals surface area contributed by atoms with Crippen molar-refractivity contribution in [1.82, 2.24) is 9.97 Å². The van der Waals surface area contributed by atoms with Crippen molar-refractivity contribution < 1.29 is 9.53 Å². The molecule has 0 unspecified atom stereocenters. The summed E-state index contributed by atoms with van der Waals surface area (Å²) in [5.41, 5.74) is 1.82. The molecule has 0 bridgehead atoms. The summed E-state index contributed by atoms with van der Waals surface area (Å²) in [7, 11) is 1.62. The Kier molecular flexibility index (Phi) is 3.82. The van der Waals surface area contributed by atoms with E-state index in [1.807, 2.05) is 41.9 Å². The molecule has 3 heterocycles. The molecule has 0 spiro atoms. The van der Waals surface area contributed by atoms with E-state index in [2.05, 4.69) is 16.0 Å². The molecule has 1 aliphatic rings. The molecule has 1 aliphatic heterocycles. The van der Waals surface area contributed by atoms with E-state index in [1.165, 1.54) is 0 Å². The molecular weight excluding hydrogens is 322 g/mol. The zero-order valence-electron chi connectivity index (χ0n) is 13.2. The second kappa shape index (κ2) is 6.13. The second-order valence-corrected chi connectivity index (χ2v) is 6.68. The van der Waals surface area contributed by atoms with Gasteiger partial charge < -0.3 is 14.6 Å². The van der Waals surface area contributed by atoms with Crippen LogP contribution < -0.4 is 9.64 Å². The summed E-state index contributed by atoms with van der Waals surface area (Å²) in [6.07, 6.45) is 2.30. The summed E-state index contributed by atoms with van der Waals surface area (Å²) < 4.78 is 5.38. The summed E-state index contributed by atoms with van der Waals surface area (Å²) in [6, 6.07) is 11.7. The number of ether oxygens (including phenoxy) is 1. The number of imidazole rings is 1. The van der Waals surface area contributed by atoms with Crippen LogP contribution in [0.2, 0.25) is 0 Å². The standard InChI is InChI=1S/C18H17N3O2S/c1-23-15-6-3-2-5-14(15)21-11-12(9-17(21)22)18-19-10-13(20-18)16-7-4-8-24-16/h2-8,10,12H,9,11H2,1H3,(H,19,20)/t12-/m1/s1. The Morgan fingerprint density at radius 1 is 1.29 bits per heavy atom. The quantitative estimate of drug-likeness (QED) is 0.789. The Morgan fingerprint density at radius 3 is 2.96 bits per heavy atom. The average molecular weight is 339 g/mol. The van der Waals surface area contributed by atoms with Crippen LogP contribution in [0, 0.1) is 0 Å². The molecule has 1 aromatic carbocycles. The number of H-pyrrole nitrogens is 1. The summed E-state index contributed by atoms with van der Waals surface area (Å²) in [5, 5.41) is 2.04. The van der Waals surface area contributed by atoms with Gasteiger partial charge in [0.2, 0.25) is 5.91 Å². The number of rotatable bonds is 4. The average Bonchev–Trinajstić information content (AvgIpc) is 3.34. The first kappa shape index (κ1) is 15.0. The predicted octanol–water partition coefficient (Wildman–Crippen LogP) is 3.67. The zero-order chi connectivity index (χ0) is 16.5. The Balaban J connectivity index is 1.58. The number of nitrogens with one attached hydrogen (secondary N) is 1. The van der Waals surface area contributed by atoms with Crippen molar-refractivity contribution in [2.24, 2.45) is 0 Å². The summed E-state index contributed by atoms with van der Waals surface area (Å²) in [4.78, 5) is 23.3. The molecule has 0 saturated carbocycles.